The first-order chi connectivity index (χ1) is 4.61. The largest absolute Gasteiger partial charge is 0.440 e. The molecule has 0 aromatic carbocycles. The van der Waals surface area contributed by atoms with Gasteiger partial charge in [0.25, 0.3) is 6.29 Å². The second-order valence-corrected chi connectivity index (χ2v) is 1.97. The van der Waals surface area contributed by atoms with Gasteiger partial charge in [0.05, 0.1) is 13.2 Å². The van der Waals surface area contributed by atoms with Crippen molar-refractivity contribution in [3.8, 4) is 0 Å². The van der Waals surface area contributed by atoms with E-state index in [0.29, 0.717) is 6.42 Å². The van der Waals surface area contributed by atoms with Gasteiger partial charge in [-0.2, -0.15) is 13.2 Å². The van der Waals surface area contributed by atoms with Crippen molar-refractivity contribution in [2.24, 2.45) is 0 Å². The van der Waals surface area contributed by atoms with Crippen LogP contribution in [0.2, 0.25) is 0 Å². The zero-order valence-electron chi connectivity index (χ0n) is 5.15. The molecule has 1 fully saturated rings. The molecule has 0 aliphatic carbocycles. The number of halogens is 3. The normalized spacial score (nSPS) is 23.1. The van der Waals surface area contributed by atoms with E-state index in [0.717, 1.165) is 0 Å². The van der Waals surface area contributed by atoms with E-state index < -0.39 is 12.5 Å². The molecule has 0 aromatic heterocycles. The zero-order valence-corrected chi connectivity index (χ0v) is 5.15. The van der Waals surface area contributed by atoms with Gasteiger partial charge < -0.3 is 9.47 Å². The average molecular weight is 156 g/mol. The van der Waals surface area contributed by atoms with Gasteiger partial charge in [-0.25, -0.2) is 0 Å². The Labute approximate surface area is 55.9 Å². The summed E-state index contributed by atoms with van der Waals surface area (Å²) >= 11 is 0. The summed E-state index contributed by atoms with van der Waals surface area (Å²) in [6.45, 7) is 0.258. The summed E-state index contributed by atoms with van der Waals surface area (Å²) in [5.74, 6) is 0. The lowest BCUT2D eigenvalue weighted by Gasteiger charge is -2.24. The molecule has 0 atom stereocenters. The predicted octanol–water partition coefficient (Wildman–Crippen LogP) is 1.31. The molecule has 0 radical (unpaired) electrons. The van der Waals surface area contributed by atoms with Crippen molar-refractivity contribution in [2.45, 2.75) is 18.9 Å². The molecular weight excluding hydrogens is 149 g/mol. The van der Waals surface area contributed by atoms with Gasteiger partial charge in [0.2, 0.25) is 0 Å². The minimum atomic E-state index is -4.37. The maximum atomic E-state index is 11.7. The fraction of sp³-hybridized carbons (Fsp3) is 1.00. The van der Waals surface area contributed by atoms with Crippen LogP contribution >= 0.6 is 0 Å². The van der Waals surface area contributed by atoms with Crippen molar-refractivity contribution in [2.75, 3.05) is 13.2 Å². The first-order valence-corrected chi connectivity index (χ1v) is 2.90. The third kappa shape index (κ3) is 1.85. The number of hydrogen-bond donors (Lipinski definition) is 0. The van der Waals surface area contributed by atoms with Gasteiger partial charge in [0.15, 0.2) is 0 Å². The van der Waals surface area contributed by atoms with Crippen LogP contribution in [-0.2, 0) is 9.47 Å². The molecule has 0 N–H and O–H groups in total. The van der Waals surface area contributed by atoms with Gasteiger partial charge in [-0.3, -0.25) is 0 Å². The van der Waals surface area contributed by atoms with Crippen LogP contribution < -0.4 is 0 Å². The molecule has 0 amide bonds. The highest BCUT2D eigenvalue weighted by Gasteiger charge is 2.42. The van der Waals surface area contributed by atoms with E-state index in [9.17, 15) is 13.2 Å². The molecule has 1 rings (SSSR count). The number of alkyl halides is 3. The predicted molar refractivity (Wildman–Crippen MR) is 26.4 cm³/mol. The van der Waals surface area contributed by atoms with Crippen LogP contribution in [0.4, 0.5) is 13.2 Å². The van der Waals surface area contributed by atoms with Gasteiger partial charge in [0.1, 0.15) is 0 Å². The molecule has 0 saturated carbocycles. The third-order valence-electron chi connectivity index (χ3n) is 1.09. The Balaban J connectivity index is 2.39. The van der Waals surface area contributed by atoms with Gasteiger partial charge >= 0.3 is 6.18 Å². The standard InChI is InChI=1S/C5H7F3O2/c6-5(7,8)4-9-2-1-3-10-4/h4H,1-3H2. The van der Waals surface area contributed by atoms with E-state index >= 15 is 0 Å². The van der Waals surface area contributed by atoms with Crippen LogP contribution in [0.5, 0.6) is 0 Å². The summed E-state index contributed by atoms with van der Waals surface area (Å²) in [6, 6.07) is 0. The maximum absolute atomic E-state index is 11.7. The van der Waals surface area contributed by atoms with E-state index in [1.165, 1.54) is 0 Å². The summed E-state index contributed by atoms with van der Waals surface area (Å²) in [7, 11) is 0. The highest BCUT2D eigenvalue weighted by molar-refractivity contribution is 4.59. The smallest absolute Gasteiger partial charge is 0.345 e. The van der Waals surface area contributed by atoms with E-state index in [-0.39, 0.29) is 13.2 Å². The molecule has 10 heavy (non-hydrogen) atoms. The monoisotopic (exact) mass is 156 g/mol. The molecule has 2 nitrogen and oxygen atoms in total. The van der Waals surface area contributed by atoms with Crippen LogP contribution in [-0.4, -0.2) is 25.7 Å². The van der Waals surface area contributed by atoms with Gasteiger partial charge in [-0.05, 0) is 6.42 Å². The minimum absolute atomic E-state index is 0.129. The lowest BCUT2D eigenvalue weighted by Crippen LogP contribution is -2.38. The van der Waals surface area contributed by atoms with Crippen LogP contribution in [0.15, 0.2) is 0 Å². The summed E-state index contributed by atoms with van der Waals surface area (Å²) in [5, 5.41) is 0. The molecule has 0 unspecified atom stereocenters. The Kier molecular flexibility index (Phi) is 2.15. The third-order valence-corrected chi connectivity index (χ3v) is 1.09. The minimum Gasteiger partial charge on any atom is -0.345 e. The molecule has 60 valence electrons. The second kappa shape index (κ2) is 2.75. The molecule has 5 heteroatoms. The van der Waals surface area contributed by atoms with Crippen molar-refractivity contribution in [1.29, 1.82) is 0 Å². The van der Waals surface area contributed by atoms with Crippen LogP contribution in [0.25, 0.3) is 0 Å². The summed E-state index contributed by atoms with van der Waals surface area (Å²) in [4.78, 5) is 0. The number of rotatable bonds is 0. The number of ether oxygens (including phenoxy) is 2. The summed E-state index contributed by atoms with van der Waals surface area (Å²) in [5.41, 5.74) is 0. The SMILES string of the molecule is FC(F)(F)C1OCCCO1. The Hall–Kier alpha value is -0.290. The maximum Gasteiger partial charge on any atom is 0.440 e. The Morgan fingerprint density at radius 3 is 1.90 bits per heavy atom. The highest BCUT2D eigenvalue weighted by atomic mass is 19.4. The topological polar surface area (TPSA) is 18.5 Å². The van der Waals surface area contributed by atoms with Crippen LogP contribution in [0, 0.1) is 0 Å². The van der Waals surface area contributed by atoms with Crippen molar-refractivity contribution in [3.05, 3.63) is 0 Å². The van der Waals surface area contributed by atoms with Gasteiger partial charge in [-0.15, -0.1) is 0 Å². The fourth-order valence-electron chi connectivity index (χ4n) is 0.677. The Bertz CT molecular complexity index is 106. The summed E-state index contributed by atoms with van der Waals surface area (Å²) in [6.07, 6.45) is -5.84. The zero-order chi connectivity index (χ0) is 7.61. The molecule has 0 spiro atoms. The fourth-order valence-corrected chi connectivity index (χ4v) is 0.677. The van der Waals surface area contributed by atoms with Crippen molar-refractivity contribution in [3.63, 3.8) is 0 Å². The quantitative estimate of drug-likeness (QED) is 0.526. The molecule has 0 bridgehead atoms. The highest BCUT2D eigenvalue weighted by Crippen LogP contribution is 2.25. The first-order valence-electron chi connectivity index (χ1n) is 2.90. The molecule has 1 heterocycles. The van der Waals surface area contributed by atoms with E-state index in [4.69, 9.17) is 0 Å². The van der Waals surface area contributed by atoms with Gasteiger partial charge in [-0.1, -0.05) is 0 Å². The van der Waals surface area contributed by atoms with Crippen LogP contribution in [0.1, 0.15) is 6.42 Å². The van der Waals surface area contributed by atoms with Crippen molar-refractivity contribution >= 4 is 0 Å². The Morgan fingerprint density at radius 1 is 1.10 bits per heavy atom. The van der Waals surface area contributed by atoms with Gasteiger partial charge in [0, 0.05) is 0 Å². The molecule has 1 aliphatic rings. The lowest BCUT2D eigenvalue weighted by atomic mass is 10.4. The summed E-state index contributed by atoms with van der Waals surface area (Å²) < 4.78 is 43.7. The van der Waals surface area contributed by atoms with E-state index in [1.54, 1.807) is 0 Å². The Morgan fingerprint density at radius 2 is 1.60 bits per heavy atom. The molecule has 0 aromatic rings. The molecule has 1 saturated heterocycles. The second-order valence-electron chi connectivity index (χ2n) is 1.97. The van der Waals surface area contributed by atoms with Crippen molar-refractivity contribution in [1.82, 2.24) is 0 Å². The van der Waals surface area contributed by atoms with Crippen LogP contribution in [0.3, 0.4) is 0 Å². The molecular formula is C5H7F3O2. The number of hydrogen-bond acceptors (Lipinski definition) is 2. The lowest BCUT2D eigenvalue weighted by molar-refractivity contribution is -0.325. The van der Waals surface area contributed by atoms with E-state index in [2.05, 4.69) is 9.47 Å². The average Bonchev–Trinajstić information content (AvgIpc) is 1.88. The molecule has 1 aliphatic heterocycles. The van der Waals surface area contributed by atoms with Crippen molar-refractivity contribution < 1.29 is 22.6 Å². The first kappa shape index (κ1) is 7.81. The van der Waals surface area contributed by atoms with E-state index in [1.807, 2.05) is 0 Å².